The predicted octanol–water partition coefficient (Wildman–Crippen LogP) is 2.23. The van der Waals surface area contributed by atoms with Crippen LogP contribution in [0.25, 0.3) is 0 Å². The Morgan fingerprint density at radius 2 is 2.33 bits per heavy atom. The Balaban J connectivity index is 2.72. The number of hydrogen-bond acceptors (Lipinski definition) is 2. The summed E-state index contributed by atoms with van der Waals surface area (Å²) in [5.74, 6) is -0.214. The highest BCUT2D eigenvalue weighted by atomic mass is 35.5. The van der Waals surface area contributed by atoms with Crippen molar-refractivity contribution >= 4 is 23.2 Å². The standard InChI is InChI=1S/C11H13ClN2O/c1-2-3-6-14-11(15)9-7-8(13)4-5-10(9)12/h2,4-5,7H,1,3,6,13H2,(H,14,15). The Bertz CT molecular complexity index is 377. The van der Waals surface area contributed by atoms with Gasteiger partial charge in [0.15, 0.2) is 0 Å². The van der Waals surface area contributed by atoms with Crippen LogP contribution in [0, 0.1) is 0 Å². The molecule has 0 saturated carbocycles. The second kappa shape index (κ2) is 5.41. The molecule has 0 unspecified atom stereocenters. The van der Waals surface area contributed by atoms with Crippen molar-refractivity contribution in [2.24, 2.45) is 0 Å². The molecule has 3 N–H and O–H groups in total. The molecule has 1 aromatic rings. The van der Waals surface area contributed by atoms with Gasteiger partial charge in [-0.05, 0) is 24.6 Å². The van der Waals surface area contributed by atoms with Crippen molar-refractivity contribution in [1.82, 2.24) is 5.32 Å². The van der Waals surface area contributed by atoms with E-state index in [9.17, 15) is 4.79 Å². The van der Waals surface area contributed by atoms with E-state index in [0.29, 0.717) is 22.8 Å². The smallest absolute Gasteiger partial charge is 0.252 e. The number of carbonyl (C=O) groups excluding carboxylic acids is 1. The van der Waals surface area contributed by atoms with Crippen LogP contribution in [0.2, 0.25) is 5.02 Å². The number of nitrogen functional groups attached to an aromatic ring is 1. The first-order valence-electron chi connectivity index (χ1n) is 4.59. The quantitative estimate of drug-likeness (QED) is 0.468. The average molecular weight is 225 g/mol. The zero-order valence-corrected chi connectivity index (χ0v) is 9.05. The first-order chi connectivity index (χ1) is 7.15. The third-order valence-corrected chi connectivity index (χ3v) is 2.20. The number of carbonyl (C=O) groups is 1. The number of anilines is 1. The minimum absolute atomic E-state index is 0.214. The molecule has 0 atom stereocenters. The SMILES string of the molecule is C=CCCNC(=O)c1cc(N)ccc1Cl. The fourth-order valence-electron chi connectivity index (χ4n) is 1.10. The normalized spacial score (nSPS) is 9.67. The summed E-state index contributed by atoms with van der Waals surface area (Å²) in [7, 11) is 0. The van der Waals surface area contributed by atoms with Gasteiger partial charge in [0, 0.05) is 12.2 Å². The minimum atomic E-state index is -0.214. The summed E-state index contributed by atoms with van der Waals surface area (Å²) in [6.07, 6.45) is 2.47. The lowest BCUT2D eigenvalue weighted by Gasteiger charge is -2.06. The number of benzene rings is 1. The van der Waals surface area contributed by atoms with E-state index >= 15 is 0 Å². The Kier molecular flexibility index (Phi) is 4.18. The van der Waals surface area contributed by atoms with Crippen molar-refractivity contribution in [2.45, 2.75) is 6.42 Å². The van der Waals surface area contributed by atoms with Crippen LogP contribution in [-0.4, -0.2) is 12.5 Å². The fourth-order valence-corrected chi connectivity index (χ4v) is 1.30. The predicted molar refractivity (Wildman–Crippen MR) is 63.0 cm³/mol. The summed E-state index contributed by atoms with van der Waals surface area (Å²) in [6.45, 7) is 4.11. The van der Waals surface area contributed by atoms with Gasteiger partial charge in [0.2, 0.25) is 0 Å². The Hall–Kier alpha value is -1.48. The zero-order chi connectivity index (χ0) is 11.3. The Morgan fingerprint density at radius 1 is 1.60 bits per heavy atom. The van der Waals surface area contributed by atoms with E-state index in [1.54, 1.807) is 24.3 Å². The molecule has 0 bridgehead atoms. The van der Waals surface area contributed by atoms with Crippen LogP contribution in [0.4, 0.5) is 5.69 Å². The molecule has 80 valence electrons. The van der Waals surface area contributed by atoms with E-state index < -0.39 is 0 Å². The maximum Gasteiger partial charge on any atom is 0.252 e. The van der Waals surface area contributed by atoms with E-state index in [1.165, 1.54) is 0 Å². The Labute approximate surface area is 93.9 Å². The summed E-state index contributed by atoms with van der Waals surface area (Å²) in [5.41, 5.74) is 6.49. The average Bonchev–Trinajstić information content (AvgIpc) is 2.22. The van der Waals surface area contributed by atoms with Gasteiger partial charge in [-0.2, -0.15) is 0 Å². The largest absolute Gasteiger partial charge is 0.399 e. The third-order valence-electron chi connectivity index (χ3n) is 1.87. The van der Waals surface area contributed by atoms with Gasteiger partial charge in [-0.1, -0.05) is 17.7 Å². The monoisotopic (exact) mass is 224 g/mol. The summed E-state index contributed by atoms with van der Waals surface area (Å²) >= 11 is 5.87. The van der Waals surface area contributed by atoms with Crippen LogP contribution >= 0.6 is 11.6 Å². The van der Waals surface area contributed by atoms with Crippen molar-refractivity contribution < 1.29 is 4.79 Å². The van der Waals surface area contributed by atoms with Crippen molar-refractivity contribution in [3.8, 4) is 0 Å². The van der Waals surface area contributed by atoms with Gasteiger partial charge in [-0.3, -0.25) is 4.79 Å². The van der Waals surface area contributed by atoms with E-state index in [4.69, 9.17) is 17.3 Å². The molecule has 1 rings (SSSR count). The highest BCUT2D eigenvalue weighted by Crippen LogP contribution is 2.18. The van der Waals surface area contributed by atoms with Crippen LogP contribution in [0.3, 0.4) is 0 Å². The molecule has 0 aromatic heterocycles. The van der Waals surface area contributed by atoms with Crippen LogP contribution in [-0.2, 0) is 0 Å². The zero-order valence-electron chi connectivity index (χ0n) is 8.29. The van der Waals surface area contributed by atoms with E-state index in [1.807, 2.05) is 0 Å². The van der Waals surface area contributed by atoms with Gasteiger partial charge in [-0.25, -0.2) is 0 Å². The molecule has 1 amide bonds. The summed E-state index contributed by atoms with van der Waals surface area (Å²) in [6, 6.07) is 4.83. The van der Waals surface area contributed by atoms with Crippen LogP contribution in [0.1, 0.15) is 16.8 Å². The molecule has 1 aromatic carbocycles. The highest BCUT2D eigenvalue weighted by molar-refractivity contribution is 6.34. The molecule has 0 radical (unpaired) electrons. The number of nitrogens with one attached hydrogen (secondary N) is 1. The number of amides is 1. The molecule has 0 aliphatic rings. The van der Waals surface area contributed by atoms with Gasteiger partial charge in [-0.15, -0.1) is 6.58 Å². The second-order valence-electron chi connectivity index (χ2n) is 3.07. The second-order valence-corrected chi connectivity index (χ2v) is 3.48. The van der Waals surface area contributed by atoms with Crippen molar-refractivity contribution in [3.63, 3.8) is 0 Å². The molecule has 15 heavy (non-hydrogen) atoms. The topological polar surface area (TPSA) is 55.1 Å². The number of rotatable bonds is 4. The third kappa shape index (κ3) is 3.29. The molecule has 0 spiro atoms. The summed E-state index contributed by atoms with van der Waals surface area (Å²) < 4.78 is 0. The van der Waals surface area contributed by atoms with Gasteiger partial charge >= 0.3 is 0 Å². The molecule has 0 aliphatic heterocycles. The molecular formula is C11H13ClN2O. The lowest BCUT2D eigenvalue weighted by atomic mass is 10.2. The molecule has 0 saturated heterocycles. The lowest BCUT2D eigenvalue weighted by Crippen LogP contribution is -2.24. The molecular weight excluding hydrogens is 212 g/mol. The molecule has 3 nitrogen and oxygen atoms in total. The molecule has 4 heteroatoms. The van der Waals surface area contributed by atoms with Crippen LogP contribution in [0.5, 0.6) is 0 Å². The first kappa shape index (κ1) is 11.6. The molecule has 0 heterocycles. The lowest BCUT2D eigenvalue weighted by molar-refractivity contribution is 0.0954. The van der Waals surface area contributed by atoms with Crippen LogP contribution in [0.15, 0.2) is 30.9 Å². The van der Waals surface area contributed by atoms with Crippen molar-refractivity contribution in [2.75, 3.05) is 12.3 Å². The van der Waals surface area contributed by atoms with Gasteiger partial charge in [0.05, 0.1) is 10.6 Å². The highest BCUT2D eigenvalue weighted by Gasteiger charge is 2.09. The summed E-state index contributed by atoms with van der Waals surface area (Å²) in [4.78, 5) is 11.6. The molecule has 0 fully saturated rings. The van der Waals surface area contributed by atoms with Gasteiger partial charge < -0.3 is 11.1 Å². The molecule has 0 aliphatic carbocycles. The first-order valence-corrected chi connectivity index (χ1v) is 4.97. The Morgan fingerprint density at radius 3 is 3.00 bits per heavy atom. The van der Waals surface area contributed by atoms with E-state index in [2.05, 4.69) is 11.9 Å². The summed E-state index contributed by atoms with van der Waals surface area (Å²) in [5, 5.41) is 3.12. The number of halogens is 1. The van der Waals surface area contributed by atoms with Crippen molar-refractivity contribution in [3.05, 3.63) is 41.4 Å². The number of hydrogen-bond donors (Lipinski definition) is 2. The van der Waals surface area contributed by atoms with Crippen LogP contribution < -0.4 is 11.1 Å². The van der Waals surface area contributed by atoms with E-state index in [0.717, 1.165) is 6.42 Å². The number of nitrogens with two attached hydrogens (primary N) is 1. The minimum Gasteiger partial charge on any atom is -0.399 e. The fraction of sp³-hybridized carbons (Fsp3) is 0.182. The van der Waals surface area contributed by atoms with Crippen molar-refractivity contribution in [1.29, 1.82) is 0 Å². The van der Waals surface area contributed by atoms with Gasteiger partial charge in [0.1, 0.15) is 0 Å². The maximum absolute atomic E-state index is 11.6. The van der Waals surface area contributed by atoms with E-state index in [-0.39, 0.29) is 5.91 Å². The van der Waals surface area contributed by atoms with Gasteiger partial charge in [0.25, 0.3) is 5.91 Å². The maximum atomic E-state index is 11.6.